The van der Waals surface area contributed by atoms with Gasteiger partial charge >= 0.3 is 0 Å². The maximum absolute atomic E-state index is 9.15. The summed E-state index contributed by atoms with van der Waals surface area (Å²) in [6.45, 7) is 0. The second-order valence-corrected chi connectivity index (χ2v) is 3.76. The molecule has 0 aliphatic heterocycles. The Kier molecular flexibility index (Phi) is 2.28. The van der Waals surface area contributed by atoms with Crippen molar-refractivity contribution in [3.05, 3.63) is 23.8 Å². The van der Waals surface area contributed by atoms with Crippen LogP contribution in [0.15, 0.2) is 18.2 Å². The molecule has 0 amide bonds. The van der Waals surface area contributed by atoms with E-state index in [2.05, 4.69) is 6.07 Å². The number of hydrogen-bond donors (Lipinski definition) is 0. The van der Waals surface area contributed by atoms with Crippen LogP contribution in [0.3, 0.4) is 0 Å². The van der Waals surface area contributed by atoms with Gasteiger partial charge in [0.2, 0.25) is 0 Å². The Balaban J connectivity index is 2.48. The molecule has 0 heterocycles. The van der Waals surface area contributed by atoms with E-state index in [9.17, 15) is 0 Å². The summed E-state index contributed by atoms with van der Waals surface area (Å²) < 4.78 is 10.4. The van der Waals surface area contributed by atoms with E-state index in [0.717, 1.165) is 29.9 Å². The van der Waals surface area contributed by atoms with Crippen molar-refractivity contribution in [3.8, 4) is 17.6 Å². The summed E-state index contributed by atoms with van der Waals surface area (Å²) in [7, 11) is 3.25. The second kappa shape index (κ2) is 3.47. The Bertz CT molecular complexity index is 416. The van der Waals surface area contributed by atoms with Crippen molar-refractivity contribution in [2.45, 2.75) is 18.3 Å². The molecule has 0 saturated heterocycles. The Morgan fingerprint density at radius 3 is 2.47 bits per heavy atom. The van der Waals surface area contributed by atoms with Gasteiger partial charge in [0.25, 0.3) is 0 Å². The fourth-order valence-electron chi connectivity index (χ4n) is 1.75. The first-order valence-corrected chi connectivity index (χ1v) is 4.89. The van der Waals surface area contributed by atoms with E-state index in [1.807, 2.05) is 18.2 Å². The van der Waals surface area contributed by atoms with Crippen molar-refractivity contribution in [2.24, 2.45) is 0 Å². The average molecular weight is 203 g/mol. The van der Waals surface area contributed by atoms with Crippen LogP contribution in [0.4, 0.5) is 0 Å². The highest BCUT2D eigenvalue weighted by Crippen LogP contribution is 2.51. The number of nitriles is 1. The number of methoxy groups -OCH3 is 2. The highest BCUT2D eigenvalue weighted by molar-refractivity contribution is 5.51. The van der Waals surface area contributed by atoms with Gasteiger partial charge in [-0.05, 0) is 31.0 Å². The minimum Gasteiger partial charge on any atom is -0.497 e. The van der Waals surface area contributed by atoms with Crippen LogP contribution in [0.2, 0.25) is 0 Å². The van der Waals surface area contributed by atoms with Crippen LogP contribution in [-0.4, -0.2) is 14.2 Å². The van der Waals surface area contributed by atoms with Gasteiger partial charge in [-0.25, -0.2) is 0 Å². The van der Waals surface area contributed by atoms with Crippen molar-refractivity contribution in [1.82, 2.24) is 0 Å². The molecular formula is C12H13NO2. The predicted molar refractivity (Wildman–Crippen MR) is 56.1 cm³/mol. The topological polar surface area (TPSA) is 42.2 Å². The zero-order chi connectivity index (χ0) is 10.9. The molecule has 2 rings (SSSR count). The van der Waals surface area contributed by atoms with Gasteiger partial charge in [-0.3, -0.25) is 0 Å². The van der Waals surface area contributed by atoms with E-state index in [0.29, 0.717) is 0 Å². The van der Waals surface area contributed by atoms with Gasteiger partial charge in [-0.2, -0.15) is 5.26 Å². The molecular weight excluding hydrogens is 190 g/mol. The molecule has 0 aromatic heterocycles. The predicted octanol–water partition coefficient (Wildman–Crippen LogP) is 2.26. The zero-order valence-electron chi connectivity index (χ0n) is 8.91. The van der Waals surface area contributed by atoms with Crippen molar-refractivity contribution in [1.29, 1.82) is 5.26 Å². The maximum atomic E-state index is 9.15. The van der Waals surface area contributed by atoms with E-state index >= 15 is 0 Å². The van der Waals surface area contributed by atoms with E-state index in [1.165, 1.54) is 0 Å². The second-order valence-electron chi connectivity index (χ2n) is 3.76. The number of benzene rings is 1. The summed E-state index contributed by atoms with van der Waals surface area (Å²) in [6, 6.07) is 7.95. The van der Waals surface area contributed by atoms with E-state index < -0.39 is 0 Å². The highest BCUT2D eigenvalue weighted by Gasteiger charge is 2.47. The molecule has 0 unspecified atom stereocenters. The number of hydrogen-bond acceptors (Lipinski definition) is 3. The lowest BCUT2D eigenvalue weighted by Gasteiger charge is -2.13. The van der Waals surface area contributed by atoms with Gasteiger partial charge in [0.15, 0.2) is 0 Å². The lowest BCUT2D eigenvalue weighted by atomic mass is 9.96. The molecule has 3 heteroatoms. The summed E-state index contributed by atoms with van der Waals surface area (Å²) in [5.41, 5.74) is 0.617. The van der Waals surface area contributed by atoms with Crippen molar-refractivity contribution in [3.63, 3.8) is 0 Å². The first-order chi connectivity index (χ1) is 7.25. The van der Waals surface area contributed by atoms with Crippen LogP contribution >= 0.6 is 0 Å². The molecule has 1 aromatic rings. The Morgan fingerprint density at radius 1 is 1.27 bits per heavy atom. The molecule has 1 saturated carbocycles. The SMILES string of the molecule is COc1ccc(OC)c(C2(C#N)CC2)c1. The van der Waals surface area contributed by atoms with E-state index in [-0.39, 0.29) is 5.41 Å². The minimum atomic E-state index is -0.333. The van der Waals surface area contributed by atoms with Gasteiger partial charge in [0, 0.05) is 5.56 Å². The Hall–Kier alpha value is -1.69. The van der Waals surface area contributed by atoms with Crippen LogP contribution < -0.4 is 9.47 Å². The van der Waals surface area contributed by atoms with Crippen molar-refractivity contribution < 1.29 is 9.47 Å². The highest BCUT2D eigenvalue weighted by atomic mass is 16.5. The van der Waals surface area contributed by atoms with Crippen LogP contribution in [0, 0.1) is 11.3 Å². The van der Waals surface area contributed by atoms with Gasteiger partial charge in [0.1, 0.15) is 11.5 Å². The Labute approximate surface area is 89.2 Å². The van der Waals surface area contributed by atoms with E-state index in [4.69, 9.17) is 14.7 Å². The van der Waals surface area contributed by atoms with Gasteiger partial charge in [-0.15, -0.1) is 0 Å². The molecule has 0 atom stereocenters. The molecule has 1 fully saturated rings. The largest absolute Gasteiger partial charge is 0.497 e. The molecule has 1 aliphatic carbocycles. The number of rotatable bonds is 3. The molecule has 15 heavy (non-hydrogen) atoms. The molecule has 0 radical (unpaired) electrons. The van der Waals surface area contributed by atoms with E-state index in [1.54, 1.807) is 14.2 Å². The smallest absolute Gasteiger partial charge is 0.123 e. The summed E-state index contributed by atoms with van der Waals surface area (Å²) in [5.74, 6) is 1.54. The third-order valence-corrected chi connectivity index (χ3v) is 2.89. The fourth-order valence-corrected chi connectivity index (χ4v) is 1.75. The summed E-state index contributed by atoms with van der Waals surface area (Å²) >= 11 is 0. The van der Waals surface area contributed by atoms with Crippen molar-refractivity contribution >= 4 is 0 Å². The summed E-state index contributed by atoms with van der Waals surface area (Å²) in [6.07, 6.45) is 1.82. The molecule has 78 valence electrons. The molecule has 0 bridgehead atoms. The maximum Gasteiger partial charge on any atom is 0.123 e. The molecule has 1 aromatic carbocycles. The van der Waals surface area contributed by atoms with Crippen LogP contribution in [0.1, 0.15) is 18.4 Å². The lowest BCUT2D eigenvalue weighted by molar-refractivity contribution is 0.397. The quantitative estimate of drug-likeness (QED) is 0.756. The third kappa shape index (κ3) is 1.52. The first kappa shape index (κ1) is 9.85. The minimum absolute atomic E-state index is 0.333. The van der Waals surface area contributed by atoms with Crippen LogP contribution in [-0.2, 0) is 5.41 Å². The average Bonchev–Trinajstić information content (AvgIpc) is 3.09. The molecule has 0 N–H and O–H groups in total. The monoisotopic (exact) mass is 203 g/mol. The van der Waals surface area contributed by atoms with Gasteiger partial charge in [-0.1, -0.05) is 0 Å². The third-order valence-electron chi connectivity index (χ3n) is 2.89. The number of ether oxygens (including phenoxy) is 2. The molecule has 0 spiro atoms. The molecule has 3 nitrogen and oxygen atoms in total. The van der Waals surface area contributed by atoms with Crippen LogP contribution in [0.5, 0.6) is 11.5 Å². The van der Waals surface area contributed by atoms with Crippen LogP contribution in [0.25, 0.3) is 0 Å². The normalized spacial score (nSPS) is 16.6. The summed E-state index contributed by atoms with van der Waals surface area (Å²) in [5, 5.41) is 9.15. The Morgan fingerprint density at radius 2 is 2.00 bits per heavy atom. The zero-order valence-corrected chi connectivity index (χ0v) is 8.91. The fraction of sp³-hybridized carbons (Fsp3) is 0.417. The van der Waals surface area contributed by atoms with Crippen molar-refractivity contribution in [2.75, 3.05) is 14.2 Å². The number of nitrogens with zero attached hydrogens (tertiary/aromatic N) is 1. The van der Waals surface area contributed by atoms with Gasteiger partial charge < -0.3 is 9.47 Å². The van der Waals surface area contributed by atoms with Gasteiger partial charge in [0.05, 0.1) is 25.7 Å². The lowest BCUT2D eigenvalue weighted by Crippen LogP contribution is -2.05. The first-order valence-electron chi connectivity index (χ1n) is 4.89. The summed E-state index contributed by atoms with van der Waals surface area (Å²) in [4.78, 5) is 0. The molecule has 1 aliphatic rings. The standard InChI is InChI=1S/C12H13NO2/c1-14-9-3-4-11(15-2)10(7-9)12(8-13)5-6-12/h3-4,7H,5-6H2,1-2H3.